The van der Waals surface area contributed by atoms with Crippen LogP contribution in [0.25, 0.3) is 11.5 Å². The molecule has 1 unspecified atom stereocenters. The van der Waals surface area contributed by atoms with Crippen LogP contribution in [0.5, 0.6) is 0 Å². The number of carbonyl (C=O) groups excluding carboxylic acids is 1. The Balaban J connectivity index is 1.59. The Morgan fingerprint density at radius 2 is 2.07 bits per heavy atom. The molecule has 0 saturated carbocycles. The molecule has 0 bridgehead atoms. The second-order valence-corrected chi connectivity index (χ2v) is 7.32. The van der Waals surface area contributed by atoms with E-state index >= 15 is 0 Å². The number of aromatic nitrogens is 3. The first-order valence-corrected chi connectivity index (χ1v) is 9.56. The number of carbonyl (C=O) groups is 1. The van der Waals surface area contributed by atoms with Crippen molar-refractivity contribution in [2.75, 3.05) is 32.8 Å². The second-order valence-electron chi connectivity index (χ2n) is 7.32. The van der Waals surface area contributed by atoms with Crippen LogP contribution in [0, 0.1) is 5.41 Å². The molecule has 1 spiro atoms. The fraction of sp³-hybridized carbons (Fsp3) is 0.579. The van der Waals surface area contributed by atoms with Crippen LogP contribution in [0.3, 0.4) is 0 Å². The van der Waals surface area contributed by atoms with Gasteiger partial charge in [-0.25, -0.2) is 4.79 Å². The molecule has 4 heterocycles. The summed E-state index contributed by atoms with van der Waals surface area (Å²) in [4.78, 5) is 18.5. The Morgan fingerprint density at radius 1 is 1.30 bits per heavy atom. The number of urea groups is 1. The zero-order valence-electron chi connectivity index (χ0n) is 15.6. The number of amides is 2. The molecule has 2 aliphatic rings. The van der Waals surface area contributed by atoms with E-state index in [4.69, 9.17) is 9.15 Å². The van der Waals surface area contributed by atoms with E-state index in [2.05, 4.69) is 20.5 Å². The van der Waals surface area contributed by atoms with E-state index in [1.165, 1.54) is 0 Å². The van der Waals surface area contributed by atoms with Crippen molar-refractivity contribution in [1.82, 2.24) is 25.4 Å². The van der Waals surface area contributed by atoms with Crippen LogP contribution < -0.4 is 5.32 Å². The zero-order valence-corrected chi connectivity index (χ0v) is 15.6. The Kier molecular flexibility index (Phi) is 5.07. The van der Waals surface area contributed by atoms with Crippen molar-refractivity contribution in [3.63, 3.8) is 0 Å². The molecule has 2 aliphatic heterocycles. The predicted octanol–water partition coefficient (Wildman–Crippen LogP) is 2.45. The molecular formula is C19H25N5O3. The van der Waals surface area contributed by atoms with Crippen molar-refractivity contribution in [2.24, 2.45) is 5.41 Å². The summed E-state index contributed by atoms with van der Waals surface area (Å²) in [7, 11) is 0. The summed E-state index contributed by atoms with van der Waals surface area (Å²) >= 11 is 0. The Hall–Kier alpha value is -2.48. The molecule has 0 aromatic carbocycles. The van der Waals surface area contributed by atoms with Gasteiger partial charge < -0.3 is 19.4 Å². The molecular weight excluding hydrogens is 346 g/mol. The zero-order chi connectivity index (χ0) is 18.7. The van der Waals surface area contributed by atoms with E-state index in [1.54, 1.807) is 12.4 Å². The quantitative estimate of drug-likeness (QED) is 0.887. The van der Waals surface area contributed by atoms with E-state index in [-0.39, 0.29) is 17.4 Å². The monoisotopic (exact) mass is 371 g/mol. The highest BCUT2D eigenvalue weighted by Gasteiger charge is 2.51. The molecule has 0 aliphatic carbocycles. The van der Waals surface area contributed by atoms with Crippen molar-refractivity contribution in [2.45, 2.75) is 32.1 Å². The Bertz CT molecular complexity index is 773. The van der Waals surface area contributed by atoms with Crippen LogP contribution in [0.4, 0.5) is 4.79 Å². The fourth-order valence-corrected chi connectivity index (χ4v) is 4.08. The predicted molar refractivity (Wildman–Crippen MR) is 98.0 cm³/mol. The highest BCUT2D eigenvalue weighted by Crippen LogP contribution is 2.49. The van der Waals surface area contributed by atoms with Gasteiger partial charge in [0.2, 0.25) is 11.8 Å². The average Bonchev–Trinajstić information content (AvgIpc) is 3.33. The van der Waals surface area contributed by atoms with Crippen LogP contribution >= 0.6 is 0 Å². The van der Waals surface area contributed by atoms with Crippen molar-refractivity contribution in [3.8, 4) is 11.5 Å². The van der Waals surface area contributed by atoms with Gasteiger partial charge in [0.1, 0.15) is 0 Å². The SMILES string of the molecule is CCCNC(=O)N1CC(c2nnc(-c3ccncc3)o2)C2(CCOCC2)C1. The summed E-state index contributed by atoms with van der Waals surface area (Å²) in [5.74, 6) is 1.12. The van der Waals surface area contributed by atoms with E-state index < -0.39 is 0 Å². The number of hydrogen-bond acceptors (Lipinski definition) is 6. The Morgan fingerprint density at radius 3 is 2.81 bits per heavy atom. The molecule has 2 fully saturated rings. The number of nitrogens with one attached hydrogen (secondary N) is 1. The van der Waals surface area contributed by atoms with Gasteiger partial charge in [-0.1, -0.05) is 6.92 Å². The lowest BCUT2D eigenvalue weighted by molar-refractivity contribution is 0.0102. The van der Waals surface area contributed by atoms with Gasteiger partial charge in [0.25, 0.3) is 0 Å². The van der Waals surface area contributed by atoms with Crippen molar-refractivity contribution in [3.05, 3.63) is 30.4 Å². The third kappa shape index (κ3) is 3.53. The molecule has 2 aromatic rings. The number of pyridine rings is 1. The first-order valence-electron chi connectivity index (χ1n) is 9.56. The standard InChI is InChI=1S/C19H25N5O3/c1-2-7-21-18(25)24-12-15(19(13-24)5-10-26-11-6-19)17-23-22-16(27-17)14-3-8-20-9-4-14/h3-4,8-9,15H,2,5-7,10-13H2,1H3,(H,21,25). The second kappa shape index (κ2) is 7.64. The summed E-state index contributed by atoms with van der Waals surface area (Å²) < 4.78 is 11.6. The summed E-state index contributed by atoms with van der Waals surface area (Å²) in [5, 5.41) is 11.6. The van der Waals surface area contributed by atoms with Crippen molar-refractivity contribution in [1.29, 1.82) is 0 Å². The maximum atomic E-state index is 12.5. The van der Waals surface area contributed by atoms with Crippen LogP contribution in [-0.2, 0) is 4.74 Å². The van der Waals surface area contributed by atoms with Crippen LogP contribution in [-0.4, -0.2) is 59.0 Å². The molecule has 144 valence electrons. The number of rotatable bonds is 4. The molecule has 27 heavy (non-hydrogen) atoms. The number of likely N-dealkylation sites (tertiary alicyclic amines) is 1. The van der Waals surface area contributed by atoms with Gasteiger partial charge in [0, 0.05) is 56.2 Å². The first kappa shape index (κ1) is 17.9. The van der Waals surface area contributed by atoms with Gasteiger partial charge in [-0.2, -0.15) is 0 Å². The minimum Gasteiger partial charge on any atom is -0.420 e. The van der Waals surface area contributed by atoms with Crippen molar-refractivity contribution < 1.29 is 13.9 Å². The lowest BCUT2D eigenvalue weighted by atomic mass is 9.72. The fourth-order valence-electron chi connectivity index (χ4n) is 4.08. The van der Waals surface area contributed by atoms with E-state index in [0.29, 0.717) is 44.6 Å². The molecule has 8 heteroatoms. The molecule has 4 rings (SSSR count). The Labute approximate surface area is 158 Å². The normalized spacial score (nSPS) is 21.5. The summed E-state index contributed by atoms with van der Waals surface area (Å²) in [6.07, 6.45) is 6.11. The highest BCUT2D eigenvalue weighted by atomic mass is 16.5. The van der Waals surface area contributed by atoms with E-state index in [1.807, 2.05) is 24.0 Å². The minimum atomic E-state index is -0.0656. The first-order chi connectivity index (χ1) is 13.2. The summed E-state index contributed by atoms with van der Waals surface area (Å²) in [5.41, 5.74) is 0.782. The van der Waals surface area contributed by atoms with Gasteiger partial charge >= 0.3 is 6.03 Å². The summed E-state index contributed by atoms with van der Waals surface area (Å²) in [6, 6.07) is 3.68. The molecule has 1 atom stereocenters. The average molecular weight is 371 g/mol. The van der Waals surface area contributed by atoms with Gasteiger partial charge in [0.15, 0.2) is 0 Å². The maximum absolute atomic E-state index is 12.5. The molecule has 2 saturated heterocycles. The minimum absolute atomic E-state index is 0.0147. The van der Waals surface area contributed by atoms with E-state index in [9.17, 15) is 4.79 Å². The molecule has 2 aromatic heterocycles. The topological polar surface area (TPSA) is 93.4 Å². The maximum Gasteiger partial charge on any atom is 0.317 e. The van der Waals surface area contributed by atoms with Gasteiger partial charge in [-0.15, -0.1) is 10.2 Å². The van der Waals surface area contributed by atoms with E-state index in [0.717, 1.165) is 24.8 Å². The number of ether oxygens (including phenoxy) is 1. The molecule has 0 radical (unpaired) electrons. The van der Waals surface area contributed by atoms with Crippen LogP contribution in [0.1, 0.15) is 38.0 Å². The number of hydrogen-bond donors (Lipinski definition) is 1. The van der Waals surface area contributed by atoms with Crippen LogP contribution in [0.15, 0.2) is 28.9 Å². The molecule has 2 amide bonds. The van der Waals surface area contributed by atoms with Crippen LogP contribution in [0.2, 0.25) is 0 Å². The molecule has 1 N–H and O–H groups in total. The number of nitrogens with zero attached hydrogens (tertiary/aromatic N) is 4. The smallest absolute Gasteiger partial charge is 0.317 e. The van der Waals surface area contributed by atoms with Crippen molar-refractivity contribution >= 4 is 6.03 Å². The third-order valence-electron chi connectivity index (χ3n) is 5.62. The van der Waals surface area contributed by atoms with Gasteiger partial charge in [-0.05, 0) is 31.4 Å². The lowest BCUT2D eigenvalue weighted by Gasteiger charge is -2.36. The lowest BCUT2D eigenvalue weighted by Crippen LogP contribution is -2.41. The molecule has 8 nitrogen and oxygen atoms in total. The summed E-state index contributed by atoms with van der Waals surface area (Å²) in [6.45, 7) is 5.42. The van der Waals surface area contributed by atoms with Gasteiger partial charge in [-0.3, -0.25) is 4.98 Å². The highest BCUT2D eigenvalue weighted by molar-refractivity contribution is 5.74. The van der Waals surface area contributed by atoms with Gasteiger partial charge in [0.05, 0.1) is 5.92 Å². The third-order valence-corrected chi connectivity index (χ3v) is 5.62. The largest absolute Gasteiger partial charge is 0.420 e.